The topological polar surface area (TPSA) is 38.9 Å². The molecule has 1 rings (SSSR count). The molecule has 13 heavy (non-hydrogen) atoms. The van der Waals surface area contributed by atoms with Crippen LogP contribution in [0.15, 0.2) is 17.2 Å². The number of hydrogen-bond acceptors (Lipinski definition) is 3. The maximum absolute atomic E-state index is 12.3. The molecule has 0 amide bonds. The number of alkyl halides is 3. The summed E-state index contributed by atoms with van der Waals surface area (Å²) in [5.41, 5.74) is 4.51. The van der Waals surface area contributed by atoms with E-state index in [2.05, 4.69) is 4.98 Å². The van der Waals surface area contributed by atoms with E-state index in [1.165, 1.54) is 6.07 Å². The summed E-state index contributed by atoms with van der Waals surface area (Å²) in [4.78, 5) is 3.50. The molecule has 0 saturated carbocycles. The van der Waals surface area contributed by atoms with Crippen LogP contribution in [0.2, 0.25) is 0 Å². The molecule has 0 unspecified atom stereocenters. The molecule has 0 radical (unpaired) electrons. The summed E-state index contributed by atoms with van der Waals surface area (Å²) in [6.45, 7) is 0. The molecule has 2 N–H and O–H groups in total. The van der Waals surface area contributed by atoms with Gasteiger partial charge >= 0.3 is 6.18 Å². The van der Waals surface area contributed by atoms with Crippen molar-refractivity contribution in [3.63, 3.8) is 0 Å². The Bertz CT molecular complexity index is 311. The van der Waals surface area contributed by atoms with Crippen LogP contribution in [0.25, 0.3) is 0 Å². The molecule has 2 nitrogen and oxygen atoms in total. The summed E-state index contributed by atoms with van der Waals surface area (Å²) in [5.74, 6) is 0.0948. The van der Waals surface area contributed by atoms with Crippen LogP contribution in [-0.2, 0) is 6.18 Å². The fourth-order valence-corrected chi connectivity index (χ4v) is 1.46. The van der Waals surface area contributed by atoms with Crippen LogP contribution < -0.4 is 5.73 Å². The lowest BCUT2D eigenvalue weighted by molar-refractivity contribution is -0.140. The molecule has 0 spiro atoms. The molecular weight excluding hydrogens is 201 g/mol. The van der Waals surface area contributed by atoms with Gasteiger partial charge in [0.25, 0.3) is 0 Å². The van der Waals surface area contributed by atoms with E-state index in [0.29, 0.717) is 0 Å². The van der Waals surface area contributed by atoms with Crippen LogP contribution in [0.1, 0.15) is 5.56 Å². The van der Waals surface area contributed by atoms with E-state index >= 15 is 0 Å². The number of thioether (sulfide) groups is 1. The average molecular weight is 208 g/mol. The molecule has 72 valence electrons. The first kappa shape index (κ1) is 10.2. The van der Waals surface area contributed by atoms with Gasteiger partial charge in [0.15, 0.2) is 0 Å². The molecule has 0 aromatic carbocycles. The van der Waals surface area contributed by atoms with E-state index in [-0.39, 0.29) is 10.7 Å². The SMILES string of the molecule is CSc1cc(N)ncc1C(F)(F)F. The maximum Gasteiger partial charge on any atom is 0.418 e. The maximum atomic E-state index is 12.3. The second-order valence-corrected chi connectivity index (χ2v) is 3.16. The minimum atomic E-state index is -4.36. The van der Waals surface area contributed by atoms with Crippen molar-refractivity contribution in [2.45, 2.75) is 11.1 Å². The zero-order chi connectivity index (χ0) is 10.1. The standard InChI is InChI=1S/C7H7F3N2S/c1-13-5-2-6(11)12-3-4(5)7(8,9)10/h2-3H,1H3,(H2,11,12). The highest BCUT2D eigenvalue weighted by molar-refractivity contribution is 7.98. The van der Waals surface area contributed by atoms with E-state index in [1.54, 1.807) is 6.26 Å². The van der Waals surface area contributed by atoms with E-state index in [0.717, 1.165) is 18.0 Å². The number of aromatic nitrogens is 1. The molecular formula is C7H7F3N2S. The lowest BCUT2D eigenvalue weighted by Crippen LogP contribution is -2.08. The molecule has 0 atom stereocenters. The minimum Gasteiger partial charge on any atom is -0.384 e. The second kappa shape index (κ2) is 3.45. The molecule has 0 aliphatic rings. The third kappa shape index (κ3) is 2.27. The monoisotopic (exact) mass is 208 g/mol. The highest BCUT2D eigenvalue weighted by Crippen LogP contribution is 2.35. The number of pyridine rings is 1. The van der Waals surface area contributed by atoms with Crippen LogP contribution in [0.3, 0.4) is 0 Å². The van der Waals surface area contributed by atoms with Crippen molar-refractivity contribution in [1.82, 2.24) is 4.98 Å². The predicted molar refractivity (Wildman–Crippen MR) is 45.4 cm³/mol. The van der Waals surface area contributed by atoms with Crippen LogP contribution in [-0.4, -0.2) is 11.2 Å². The number of anilines is 1. The van der Waals surface area contributed by atoms with Gasteiger partial charge in [0.05, 0.1) is 5.56 Å². The number of nitrogens with zero attached hydrogens (tertiary/aromatic N) is 1. The van der Waals surface area contributed by atoms with Gasteiger partial charge in [-0.25, -0.2) is 4.98 Å². The highest BCUT2D eigenvalue weighted by Gasteiger charge is 2.33. The van der Waals surface area contributed by atoms with Crippen LogP contribution in [0.4, 0.5) is 19.0 Å². The van der Waals surface area contributed by atoms with Crippen molar-refractivity contribution in [2.24, 2.45) is 0 Å². The summed E-state index contributed by atoms with van der Waals surface area (Å²) < 4.78 is 36.8. The Labute approximate surface area is 77.3 Å². The van der Waals surface area contributed by atoms with Gasteiger partial charge in [-0.15, -0.1) is 11.8 Å². The van der Waals surface area contributed by atoms with Crippen LogP contribution in [0, 0.1) is 0 Å². The molecule has 1 aromatic rings. The molecule has 0 saturated heterocycles. The number of halogens is 3. The second-order valence-electron chi connectivity index (χ2n) is 2.31. The number of nitrogens with two attached hydrogens (primary N) is 1. The molecule has 6 heteroatoms. The van der Waals surface area contributed by atoms with Crippen molar-refractivity contribution < 1.29 is 13.2 Å². The van der Waals surface area contributed by atoms with Crippen molar-refractivity contribution in [3.8, 4) is 0 Å². The fourth-order valence-electron chi connectivity index (χ4n) is 0.834. The zero-order valence-electron chi connectivity index (χ0n) is 6.72. The van der Waals surface area contributed by atoms with E-state index in [9.17, 15) is 13.2 Å². The van der Waals surface area contributed by atoms with Crippen molar-refractivity contribution in [2.75, 3.05) is 12.0 Å². The predicted octanol–water partition coefficient (Wildman–Crippen LogP) is 2.40. The Hall–Kier alpha value is -0.910. The Morgan fingerprint density at radius 3 is 2.54 bits per heavy atom. The number of hydrogen-bond donors (Lipinski definition) is 1. The summed E-state index contributed by atoms with van der Waals surface area (Å²) in [7, 11) is 0. The van der Waals surface area contributed by atoms with E-state index < -0.39 is 11.7 Å². The number of nitrogen functional groups attached to an aromatic ring is 1. The van der Waals surface area contributed by atoms with Gasteiger partial charge in [-0.2, -0.15) is 13.2 Å². The Morgan fingerprint density at radius 2 is 2.08 bits per heavy atom. The van der Waals surface area contributed by atoms with Gasteiger partial charge < -0.3 is 5.73 Å². The molecule has 0 aliphatic carbocycles. The van der Waals surface area contributed by atoms with Gasteiger partial charge in [-0.3, -0.25) is 0 Å². The summed E-state index contributed by atoms with van der Waals surface area (Å²) in [6, 6.07) is 1.22. The third-order valence-electron chi connectivity index (χ3n) is 1.41. The molecule has 0 fully saturated rings. The lowest BCUT2D eigenvalue weighted by atomic mass is 10.3. The zero-order valence-corrected chi connectivity index (χ0v) is 7.54. The molecule has 0 bridgehead atoms. The highest BCUT2D eigenvalue weighted by atomic mass is 32.2. The van der Waals surface area contributed by atoms with Gasteiger partial charge in [-0.1, -0.05) is 0 Å². The Morgan fingerprint density at radius 1 is 1.46 bits per heavy atom. The summed E-state index contributed by atoms with van der Waals surface area (Å²) >= 11 is 0.996. The normalized spacial score (nSPS) is 11.7. The molecule has 0 aliphatic heterocycles. The van der Waals surface area contributed by atoms with Crippen molar-refractivity contribution in [1.29, 1.82) is 0 Å². The molecule has 1 aromatic heterocycles. The molecule has 1 heterocycles. The first-order valence-electron chi connectivity index (χ1n) is 3.32. The quantitative estimate of drug-likeness (QED) is 0.720. The fraction of sp³-hybridized carbons (Fsp3) is 0.286. The lowest BCUT2D eigenvalue weighted by Gasteiger charge is -2.10. The third-order valence-corrected chi connectivity index (χ3v) is 2.19. The number of rotatable bonds is 1. The minimum absolute atomic E-state index is 0.0948. The summed E-state index contributed by atoms with van der Waals surface area (Å²) in [6.07, 6.45) is -2.05. The van der Waals surface area contributed by atoms with Crippen LogP contribution in [0.5, 0.6) is 0 Å². The van der Waals surface area contributed by atoms with Crippen molar-refractivity contribution in [3.05, 3.63) is 17.8 Å². The first-order valence-corrected chi connectivity index (χ1v) is 4.54. The van der Waals surface area contributed by atoms with Gasteiger partial charge in [0.2, 0.25) is 0 Å². The van der Waals surface area contributed by atoms with Gasteiger partial charge in [0, 0.05) is 11.1 Å². The summed E-state index contributed by atoms with van der Waals surface area (Å²) in [5, 5.41) is 0. The van der Waals surface area contributed by atoms with E-state index in [4.69, 9.17) is 5.73 Å². The Kier molecular flexibility index (Phi) is 2.70. The van der Waals surface area contributed by atoms with Crippen molar-refractivity contribution >= 4 is 17.6 Å². The Balaban J connectivity index is 3.22. The van der Waals surface area contributed by atoms with Gasteiger partial charge in [-0.05, 0) is 12.3 Å². The first-order chi connectivity index (χ1) is 5.95. The largest absolute Gasteiger partial charge is 0.418 e. The smallest absolute Gasteiger partial charge is 0.384 e. The average Bonchev–Trinajstić information content (AvgIpc) is 2.01. The van der Waals surface area contributed by atoms with Gasteiger partial charge in [0.1, 0.15) is 5.82 Å². The van der Waals surface area contributed by atoms with E-state index in [1.807, 2.05) is 0 Å². The van der Waals surface area contributed by atoms with Crippen LogP contribution >= 0.6 is 11.8 Å².